The highest BCUT2D eigenvalue weighted by atomic mass is 35.5. The van der Waals surface area contributed by atoms with Crippen LogP contribution in [0.3, 0.4) is 0 Å². The standard InChI is InChI=1S/C17H17ClN2O/c1-11(2)20-15-6-4-3-5-14(15)19-17(20)16(21)12-7-9-13(18)10-8-12/h3-11,16,21H,1-2H3. The van der Waals surface area contributed by atoms with Gasteiger partial charge in [0.05, 0.1) is 11.0 Å². The fourth-order valence-electron chi connectivity index (χ4n) is 2.59. The number of halogens is 1. The summed E-state index contributed by atoms with van der Waals surface area (Å²) in [6.07, 6.45) is -0.767. The van der Waals surface area contributed by atoms with Crippen molar-refractivity contribution in [3.05, 3.63) is 64.9 Å². The highest BCUT2D eigenvalue weighted by Gasteiger charge is 2.21. The van der Waals surface area contributed by atoms with E-state index in [9.17, 15) is 5.11 Å². The van der Waals surface area contributed by atoms with E-state index < -0.39 is 6.10 Å². The summed E-state index contributed by atoms with van der Waals surface area (Å²) >= 11 is 5.91. The average Bonchev–Trinajstić information content (AvgIpc) is 2.86. The van der Waals surface area contributed by atoms with Crippen LogP contribution in [0.2, 0.25) is 5.02 Å². The quantitative estimate of drug-likeness (QED) is 0.781. The lowest BCUT2D eigenvalue weighted by Gasteiger charge is -2.17. The van der Waals surface area contributed by atoms with Gasteiger partial charge in [-0.15, -0.1) is 0 Å². The third-order valence-electron chi connectivity index (χ3n) is 3.57. The number of hydrogen-bond donors (Lipinski definition) is 1. The molecule has 0 radical (unpaired) electrons. The summed E-state index contributed by atoms with van der Waals surface area (Å²) in [5.41, 5.74) is 2.72. The molecule has 0 aliphatic carbocycles. The molecule has 1 heterocycles. The van der Waals surface area contributed by atoms with Gasteiger partial charge in [-0.1, -0.05) is 35.9 Å². The molecule has 1 aromatic heterocycles. The Kier molecular flexibility index (Phi) is 3.70. The third-order valence-corrected chi connectivity index (χ3v) is 3.82. The SMILES string of the molecule is CC(C)n1c(C(O)c2ccc(Cl)cc2)nc2ccccc21. The van der Waals surface area contributed by atoms with Gasteiger partial charge in [0.25, 0.3) is 0 Å². The molecule has 4 heteroatoms. The Hall–Kier alpha value is -1.84. The largest absolute Gasteiger partial charge is 0.380 e. The molecule has 3 aromatic rings. The zero-order valence-electron chi connectivity index (χ0n) is 12.0. The second-order valence-corrected chi connectivity index (χ2v) is 5.81. The van der Waals surface area contributed by atoms with Crippen molar-refractivity contribution in [3.63, 3.8) is 0 Å². The van der Waals surface area contributed by atoms with Crippen LogP contribution in [0.5, 0.6) is 0 Å². The second-order valence-electron chi connectivity index (χ2n) is 5.38. The van der Waals surface area contributed by atoms with E-state index in [1.54, 1.807) is 12.1 Å². The number of imidazole rings is 1. The van der Waals surface area contributed by atoms with E-state index in [4.69, 9.17) is 11.6 Å². The summed E-state index contributed by atoms with van der Waals surface area (Å²) in [6.45, 7) is 4.18. The van der Waals surface area contributed by atoms with Crippen molar-refractivity contribution in [1.82, 2.24) is 9.55 Å². The summed E-state index contributed by atoms with van der Waals surface area (Å²) in [6, 6.07) is 15.4. The van der Waals surface area contributed by atoms with Crippen LogP contribution >= 0.6 is 11.6 Å². The zero-order chi connectivity index (χ0) is 15.0. The van der Waals surface area contributed by atoms with Gasteiger partial charge in [0.2, 0.25) is 0 Å². The molecule has 0 aliphatic rings. The predicted molar refractivity (Wildman–Crippen MR) is 85.6 cm³/mol. The number of nitrogens with zero attached hydrogens (tertiary/aromatic N) is 2. The van der Waals surface area contributed by atoms with Crippen molar-refractivity contribution < 1.29 is 5.11 Å². The summed E-state index contributed by atoms with van der Waals surface area (Å²) < 4.78 is 2.08. The first-order valence-corrected chi connectivity index (χ1v) is 7.36. The lowest BCUT2D eigenvalue weighted by Crippen LogP contribution is -2.11. The van der Waals surface area contributed by atoms with E-state index >= 15 is 0 Å². The van der Waals surface area contributed by atoms with Crippen molar-refractivity contribution in [2.24, 2.45) is 0 Å². The summed E-state index contributed by atoms with van der Waals surface area (Å²) in [4.78, 5) is 4.61. The molecule has 0 bridgehead atoms. The monoisotopic (exact) mass is 300 g/mol. The van der Waals surface area contributed by atoms with Crippen molar-refractivity contribution >= 4 is 22.6 Å². The van der Waals surface area contributed by atoms with Crippen LogP contribution in [0, 0.1) is 0 Å². The number of aliphatic hydroxyl groups is 1. The van der Waals surface area contributed by atoms with Gasteiger partial charge in [-0.05, 0) is 43.7 Å². The van der Waals surface area contributed by atoms with Gasteiger partial charge in [-0.25, -0.2) is 4.98 Å². The van der Waals surface area contributed by atoms with Crippen LogP contribution < -0.4 is 0 Å². The Balaban J connectivity index is 2.14. The Bertz CT molecular complexity index is 762. The Morgan fingerprint density at radius 1 is 1.05 bits per heavy atom. The minimum absolute atomic E-state index is 0.217. The van der Waals surface area contributed by atoms with E-state index in [1.165, 1.54) is 0 Å². The minimum atomic E-state index is -0.767. The molecule has 2 aromatic carbocycles. The maximum absolute atomic E-state index is 10.7. The van der Waals surface area contributed by atoms with Crippen molar-refractivity contribution in [1.29, 1.82) is 0 Å². The number of fused-ring (bicyclic) bond motifs is 1. The van der Waals surface area contributed by atoms with Crippen LogP contribution in [-0.2, 0) is 0 Å². The molecule has 0 saturated heterocycles. The van der Waals surface area contributed by atoms with Crippen LogP contribution in [-0.4, -0.2) is 14.7 Å². The van der Waals surface area contributed by atoms with Crippen LogP contribution in [0.1, 0.15) is 37.4 Å². The smallest absolute Gasteiger partial charge is 0.143 e. The average molecular weight is 301 g/mol. The molecule has 108 valence electrons. The summed E-state index contributed by atoms with van der Waals surface area (Å²) in [5, 5.41) is 11.3. The highest BCUT2D eigenvalue weighted by Crippen LogP contribution is 2.29. The molecule has 1 N–H and O–H groups in total. The van der Waals surface area contributed by atoms with Gasteiger partial charge in [-0.2, -0.15) is 0 Å². The molecule has 0 amide bonds. The van der Waals surface area contributed by atoms with Gasteiger partial charge in [-0.3, -0.25) is 0 Å². The molecule has 0 fully saturated rings. The van der Waals surface area contributed by atoms with Gasteiger partial charge in [0.1, 0.15) is 11.9 Å². The fourth-order valence-corrected chi connectivity index (χ4v) is 2.72. The van der Waals surface area contributed by atoms with E-state index in [1.807, 2.05) is 36.4 Å². The first-order valence-electron chi connectivity index (χ1n) is 6.98. The number of hydrogen-bond acceptors (Lipinski definition) is 2. The maximum Gasteiger partial charge on any atom is 0.143 e. The molecule has 1 atom stereocenters. The first-order chi connectivity index (χ1) is 10.1. The lowest BCUT2D eigenvalue weighted by atomic mass is 10.1. The van der Waals surface area contributed by atoms with E-state index in [-0.39, 0.29) is 6.04 Å². The normalized spacial score (nSPS) is 13.0. The number of aliphatic hydroxyl groups excluding tert-OH is 1. The Labute approximate surface area is 128 Å². The highest BCUT2D eigenvalue weighted by molar-refractivity contribution is 6.30. The van der Waals surface area contributed by atoms with Crippen molar-refractivity contribution in [2.75, 3.05) is 0 Å². The van der Waals surface area contributed by atoms with E-state index in [0.717, 1.165) is 16.6 Å². The van der Waals surface area contributed by atoms with E-state index in [0.29, 0.717) is 10.8 Å². The molecule has 0 spiro atoms. The maximum atomic E-state index is 10.7. The molecular weight excluding hydrogens is 284 g/mol. The fraction of sp³-hybridized carbons (Fsp3) is 0.235. The molecule has 0 aliphatic heterocycles. The van der Waals surface area contributed by atoms with E-state index in [2.05, 4.69) is 23.4 Å². The first kappa shape index (κ1) is 14.1. The molecule has 3 rings (SSSR count). The van der Waals surface area contributed by atoms with Crippen LogP contribution in [0.25, 0.3) is 11.0 Å². The third kappa shape index (κ3) is 2.55. The molecule has 21 heavy (non-hydrogen) atoms. The number of rotatable bonds is 3. The van der Waals surface area contributed by atoms with Gasteiger partial charge < -0.3 is 9.67 Å². The minimum Gasteiger partial charge on any atom is -0.380 e. The summed E-state index contributed by atoms with van der Waals surface area (Å²) in [7, 11) is 0. The summed E-state index contributed by atoms with van der Waals surface area (Å²) in [5.74, 6) is 0.661. The number of benzene rings is 2. The molecule has 3 nitrogen and oxygen atoms in total. The Morgan fingerprint density at radius 2 is 1.71 bits per heavy atom. The topological polar surface area (TPSA) is 38.0 Å². The van der Waals surface area contributed by atoms with Gasteiger partial charge in [0.15, 0.2) is 0 Å². The van der Waals surface area contributed by atoms with Crippen LogP contribution in [0.15, 0.2) is 48.5 Å². The van der Waals surface area contributed by atoms with Gasteiger partial charge in [0, 0.05) is 11.1 Å². The zero-order valence-corrected chi connectivity index (χ0v) is 12.7. The molecule has 0 saturated carbocycles. The second kappa shape index (κ2) is 5.51. The molecular formula is C17H17ClN2O. The predicted octanol–water partition coefficient (Wildman–Crippen LogP) is 4.35. The van der Waals surface area contributed by atoms with Gasteiger partial charge >= 0.3 is 0 Å². The van der Waals surface area contributed by atoms with Crippen molar-refractivity contribution in [2.45, 2.75) is 26.0 Å². The van der Waals surface area contributed by atoms with Crippen LogP contribution in [0.4, 0.5) is 0 Å². The number of aromatic nitrogens is 2. The van der Waals surface area contributed by atoms with Crippen molar-refractivity contribution in [3.8, 4) is 0 Å². The molecule has 1 unspecified atom stereocenters. The Morgan fingerprint density at radius 3 is 2.38 bits per heavy atom. The number of para-hydroxylation sites is 2. The lowest BCUT2D eigenvalue weighted by molar-refractivity contribution is 0.203.